The van der Waals surface area contributed by atoms with E-state index in [1.165, 1.54) is 30.3 Å². The predicted octanol–water partition coefficient (Wildman–Crippen LogP) is -4.86. The standard InChI is InChI=1S/C34H23N9O6S3.2CH4O3S.4Li/c1-20-28(19-36)32(37-23-8-4-2-5-9-23)39-33(38-24-10-6-3-7-11-24)31(20)42-43-34-22(18-35)15-30(50-34)41-40-25-13-12-21-14-26(51-49-48-44)17-29(27(21)16-25)52(45,46)47;2*1-5(2,3)4;;;;/h2-17,44H,1H3,(H2,37,38,39)(H,45,46,47);2*1H3,(H,2,3,4);;;;/q;;;4*+1/p-4. The Morgan fingerprint density at radius 2 is 1.26 bits per heavy atom. The van der Waals surface area contributed by atoms with E-state index in [4.69, 9.17) is 30.9 Å². The van der Waals surface area contributed by atoms with Crippen LogP contribution in [-0.2, 0) is 39.7 Å². The number of thiophene rings is 1. The van der Waals surface area contributed by atoms with E-state index in [0.717, 1.165) is 23.1 Å². The largest absolute Gasteiger partial charge is 1.00 e. The number of rotatable bonds is 12. The van der Waals surface area contributed by atoms with Crippen LogP contribution in [-0.4, -0.2) is 56.4 Å². The fraction of sp³-hybridized carbons (Fsp3) is 0.0833. The molecule has 0 atom stereocenters. The summed E-state index contributed by atoms with van der Waals surface area (Å²) in [4.78, 5) is 4.29. The fourth-order valence-corrected chi connectivity index (χ4v) is 6.87. The monoisotopic (exact) mass is 965 g/mol. The van der Waals surface area contributed by atoms with Gasteiger partial charge in [-0.3, -0.25) is 5.04 Å². The number of nitrogens with zero attached hydrogens (tertiary/aromatic N) is 7. The molecule has 0 spiro atoms. The van der Waals surface area contributed by atoms with Crippen LogP contribution in [0.5, 0.6) is 0 Å². The van der Waals surface area contributed by atoms with Gasteiger partial charge in [-0.05, 0) is 66.9 Å². The summed E-state index contributed by atoms with van der Waals surface area (Å²) in [5, 5.41) is 58.0. The molecule has 30 heteroatoms. The molecule has 6 rings (SSSR count). The van der Waals surface area contributed by atoms with Crippen molar-refractivity contribution in [3.05, 3.63) is 114 Å². The van der Waals surface area contributed by atoms with E-state index in [1.54, 1.807) is 6.92 Å². The molecule has 6 aromatic rings. The van der Waals surface area contributed by atoms with Gasteiger partial charge in [0.05, 0.1) is 54.0 Å². The van der Waals surface area contributed by atoms with Crippen molar-refractivity contribution in [2.45, 2.75) is 16.7 Å². The molecule has 0 aliphatic heterocycles. The van der Waals surface area contributed by atoms with Crippen LogP contribution in [0.3, 0.4) is 0 Å². The van der Waals surface area contributed by atoms with Crippen LogP contribution in [0.25, 0.3) is 10.8 Å². The Bertz CT molecular complexity index is 3030. The van der Waals surface area contributed by atoms with Crippen LogP contribution >= 0.6 is 23.4 Å². The van der Waals surface area contributed by atoms with Crippen molar-refractivity contribution in [3.8, 4) is 12.1 Å². The molecule has 0 saturated heterocycles. The SMILES string of the molecule is CS(=O)(=O)[O-].CS(=O)(=O)[O-].Cc1c(C#N)c(Nc2ccccc2)nc(Nc2ccccc2)c1N=Nc1sc(N=Nc2ccc3cc(SOO[O-])cc(S(=O)(=O)[O-])c3c2)cc1C#N.[Li+].[Li+].[Li+].[Li+]. The smallest absolute Gasteiger partial charge is 0.748 e. The van der Waals surface area contributed by atoms with Crippen LogP contribution in [0, 0.1) is 29.6 Å². The first-order valence-corrected chi connectivity index (χ1v) is 23.2. The first-order chi connectivity index (χ1) is 29.2. The number of hydrogen-bond acceptors (Lipinski definition) is 23. The van der Waals surface area contributed by atoms with Gasteiger partial charge in [-0.2, -0.15) is 14.9 Å². The van der Waals surface area contributed by atoms with Gasteiger partial charge in [0.2, 0.25) is 0 Å². The zero-order chi connectivity index (χ0) is 45.7. The molecule has 322 valence electrons. The summed E-state index contributed by atoms with van der Waals surface area (Å²) in [6, 6.07) is 31.2. The van der Waals surface area contributed by atoms with Crippen LogP contribution in [0.1, 0.15) is 16.7 Å². The van der Waals surface area contributed by atoms with E-state index in [0.29, 0.717) is 52.8 Å². The fourth-order valence-electron chi connectivity index (χ4n) is 4.88. The van der Waals surface area contributed by atoms with E-state index in [9.17, 15) is 28.8 Å². The molecule has 66 heavy (non-hydrogen) atoms. The molecule has 0 unspecified atom stereocenters. The van der Waals surface area contributed by atoms with Crippen molar-refractivity contribution in [1.29, 1.82) is 10.5 Å². The number of azo groups is 2. The average molecular weight is 966 g/mol. The van der Waals surface area contributed by atoms with Gasteiger partial charge in [-0.25, -0.2) is 30.2 Å². The van der Waals surface area contributed by atoms with E-state index < -0.39 is 35.2 Å². The molecular formula is C36H27Li4N9O12S5. The second-order valence-electron chi connectivity index (χ2n) is 12.0. The second kappa shape index (κ2) is 28.4. The van der Waals surface area contributed by atoms with Gasteiger partial charge in [-0.1, -0.05) is 53.8 Å². The minimum atomic E-state index is -4.94. The third-order valence-electron chi connectivity index (χ3n) is 7.23. The Morgan fingerprint density at radius 1 is 0.712 bits per heavy atom. The van der Waals surface area contributed by atoms with Crippen LogP contribution < -0.4 is 91.3 Å². The molecular weight excluding hydrogens is 939 g/mol. The summed E-state index contributed by atoms with van der Waals surface area (Å²) in [6.45, 7) is 1.72. The van der Waals surface area contributed by atoms with Crippen molar-refractivity contribution in [1.82, 2.24) is 4.98 Å². The number of nitriles is 2. The maximum atomic E-state index is 12.0. The minimum absolute atomic E-state index is 0. The molecule has 2 N–H and O–H groups in total. The van der Waals surface area contributed by atoms with Crippen molar-refractivity contribution < 1.29 is 129 Å². The van der Waals surface area contributed by atoms with Crippen LogP contribution in [0.2, 0.25) is 0 Å². The number of fused-ring (bicyclic) bond motifs is 1. The van der Waals surface area contributed by atoms with Gasteiger partial charge >= 0.3 is 75.4 Å². The predicted molar refractivity (Wildman–Crippen MR) is 222 cm³/mol. The second-order valence-corrected chi connectivity index (χ2v) is 17.9. The number of benzene rings is 4. The summed E-state index contributed by atoms with van der Waals surface area (Å²) >= 11 is 1.46. The molecule has 0 saturated carbocycles. The molecule has 0 aliphatic rings. The topological polar surface area (TPSA) is 347 Å². The Kier molecular flexibility index (Phi) is 26.8. The van der Waals surface area contributed by atoms with Crippen molar-refractivity contribution >= 4 is 109 Å². The zero-order valence-corrected chi connectivity index (χ0v) is 39.9. The molecule has 2 heterocycles. The Labute approximate surface area is 435 Å². The quantitative estimate of drug-likeness (QED) is 0.0290. The first-order valence-electron chi connectivity index (χ1n) is 16.6. The summed E-state index contributed by atoms with van der Waals surface area (Å²) in [6.07, 6.45) is 1.21. The molecule has 21 nitrogen and oxygen atoms in total. The molecule has 0 bridgehead atoms. The van der Waals surface area contributed by atoms with Gasteiger partial charge in [0.15, 0.2) is 16.6 Å². The van der Waals surface area contributed by atoms with E-state index >= 15 is 0 Å². The molecule has 4 aromatic carbocycles. The van der Waals surface area contributed by atoms with E-state index in [2.05, 4.69) is 52.6 Å². The average Bonchev–Trinajstić information content (AvgIpc) is 3.60. The number of nitrogens with one attached hydrogen (secondary N) is 2. The third-order valence-corrected chi connectivity index (χ3v) is 9.56. The maximum absolute atomic E-state index is 12.0. The van der Waals surface area contributed by atoms with Crippen LogP contribution in [0.15, 0.2) is 127 Å². The van der Waals surface area contributed by atoms with Gasteiger partial charge in [0.25, 0.3) is 0 Å². The summed E-state index contributed by atoms with van der Waals surface area (Å²) in [5.74, 6) is 0.628. The first kappa shape index (κ1) is 62.1. The van der Waals surface area contributed by atoms with Crippen molar-refractivity contribution in [2.75, 3.05) is 23.1 Å². The molecule has 0 aliphatic carbocycles. The number of para-hydroxylation sites is 2. The normalized spacial score (nSPS) is 10.9. The number of pyridine rings is 1. The Balaban J connectivity index is 0.00000273. The van der Waals surface area contributed by atoms with E-state index in [1.807, 2.05) is 60.7 Å². The Morgan fingerprint density at radius 3 is 1.76 bits per heavy atom. The van der Waals surface area contributed by atoms with E-state index in [-0.39, 0.29) is 118 Å². The van der Waals surface area contributed by atoms with Gasteiger partial charge in [-0.15, -0.1) is 20.5 Å². The van der Waals surface area contributed by atoms with Crippen molar-refractivity contribution in [2.24, 2.45) is 20.5 Å². The molecule has 2 aromatic heterocycles. The van der Waals surface area contributed by atoms with Gasteiger partial charge in [0.1, 0.15) is 32.9 Å². The minimum Gasteiger partial charge on any atom is -0.748 e. The molecule has 0 amide bonds. The third kappa shape index (κ3) is 20.5. The number of hydrogen-bond donors (Lipinski definition) is 2. The van der Waals surface area contributed by atoms with Gasteiger partial charge < -0.3 is 29.5 Å². The summed E-state index contributed by atoms with van der Waals surface area (Å²) in [5.41, 5.74) is 2.82. The maximum Gasteiger partial charge on any atom is 1.00 e. The van der Waals surface area contributed by atoms with Gasteiger partial charge in [0, 0.05) is 39.7 Å². The van der Waals surface area contributed by atoms with Crippen molar-refractivity contribution in [3.63, 3.8) is 0 Å². The summed E-state index contributed by atoms with van der Waals surface area (Å²) in [7, 11) is -12.8. The molecule has 0 fully saturated rings. The zero-order valence-electron chi connectivity index (χ0n) is 35.8. The number of aromatic nitrogens is 1. The molecule has 0 radical (unpaired) electrons. The Hall–Kier alpha value is -3.88. The summed E-state index contributed by atoms with van der Waals surface area (Å²) < 4.78 is 94.8. The number of anilines is 4. The van der Waals surface area contributed by atoms with Crippen LogP contribution in [0.4, 0.5) is 44.4 Å².